The van der Waals surface area contributed by atoms with Gasteiger partial charge in [0.25, 0.3) is 10.0 Å². The number of ether oxygens (including phenoxy) is 1. The third kappa shape index (κ3) is 5.18. The number of allylic oxidation sites excluding steroid dienone is 1. The summed E-state index contributed by atoms with van der Waals surface area (Å²) in [6.07, 6.45) is 8.03. The molecule has 9 heteroatoms. The van der Waals surface area contributed by atoms with Crippen molar-refractivity contribution in [1.82, 2.24) is 8.96 Å². The number of aromatic nitrogens is 2. The van der Waals surface area contributed by atoms with Gasteiger partial charge in [0, 0.05) is 24.3 Å². The van der Waals surface area contributed by atoms with E-state index in [9.17, 15) is 16.8 Å². The first-order valence-corrected chi connectivity index (χ1v) is 15.7. The first-order chi connectivity index (χ1) is 18.3. The van der Waals surface area contributed by atoms with E-state index in [4.69, 9.17) is 4.74 Å². The van der Waals surface area contributed by atoms with Gasteiger partial charge in [0.2, 0.25) is 0 Å². The lowest BCUT2D eigenvalue weighted by Gasteiger charge is -2.16. The molecule has 1 saturated carbocycles. The highest BCUT2D eigenvalue weighted by Crippen LogP contribution is 2.36. The minimum atomic E-state index is -3.98. The van der Waals surface area contributed by atoms with Gasteiger partial charge in [0.15, 0.2) is 15.5 Å². The molecule has 2 aromatic heterocycles. The summed E-state index contributed by atoms with van der Waals surface area (Å²) in [6, 6.07) is 20.5. The van der Waals surface area contributed by atoms with Crippen molar-refractivity contribution in [2.75, 3.05) is 19.5 Å². The van der Waals surface area contributed by atoms with Crippen molar-refractivity contribution in [2.45, 2.75) is 35.5 Å². The first kappa shape index (κ1) is 26.3. The predicted molar refractivity (Wildman–Crippen MR) is 148 cm³/mol. The molecule has 0 unspecified atom stereocenters. The Kier molecular flexibility index (Phi) is 7.52. The van der Waals surface area contributed by atoms with Crippen molar-refractivity contribution in [2.24, 2.45) is 5.92 Å². The summed E-state index contributed by atoms with van der Waals surface area (Å²) in [5.74, 6) is 0.192. The molecule has 0 aliphatic heterocycles. The van der Waals surface area contributed by atoms with E-state index in [1.807, 2.05) is 12.1 Å². The normalized spacial score (nSPS) is 15.3. The Morgan fingerprint density at radius 2 is 1.66 bits per heavy atom. The van der Waals surface area contributed by atoms with Gasteiger partial charge in [-0.25, -0.2) is 25.8 Å². The number of rotatable bonds is 9. The highest BCUT2D eigenvalue weighted by molar-refractivity contribution is 7.91. The van der Waals surface area contributed by atoms with Crippen molar-refractivity contribution >= 4 is 36.5 Å². The van der Waals surface area contributed by atoms with E-state index in [0.717, 1.165) is 36.8 Å². The molecular weight excluding hydrogens is 520 g/mol. The van der Waals surface area contributed by atoms with Gasteiger partial charge in [0.05, 0.1) is 27.8 Å². The van der Waals surface area contributed by atoms with Crippen molar-refractivity contribution in [3.63, 3.8) is 0 Å². The second-order valence-electron chi connectivity index (χ2n) is 9.49. The molecule has 7 nitrogen and oxygen atoms in total. The molecule has 1 fully saturated rings. The van der Waals surface area contributed by atoms with Crippen molar-refractivity contribution < 1.29 is 21.6 Å². The minimum absolute atomic E-state index is 0.108. The molecule has 0 N–H and O–H groups in total. The molecule has 0 radical (unpaired) electrons. The third-order valence-corrected chi connectivity index (χ3v) is 10.4. The fourth-order valence-corrected chi connectivity index (χ4v) is 7.66. The van der Waals surface area contributed by atoms with Crippen LogP contribution >= 0.6 is 0 Å². The number of methoxy groups -OCH3 is 1. The molecule has 0 bridgehead atoms. The highest BCUT2D eigenvalue weighted by atomic mass is 32.2. The number of pyridine rings is 1. The van der Waals surface area contributed by atoms with E-state index in [1.165, 1.54) is 11.1 Å². The molecule has 0 atom stereocenters. The van der Waals surface area contributed by atoms with Gasteiger partial charge in [-0.3, -0.25) is 0 Å². The maximum atomic E-state index is 14.0. The van der Waals surface area contributed by atoms with Gasteiger partial charge >= 0.3 is 0 Å². The predicted octanol–water partition coefficient (Wildman–Crippen LogP) is 5.32. The van der Waals surface area contributed by atoms with E-state index in [1.54, 1.807) is 66.9 Å². The summed E-state index contributed by atoms with van der Waals surface area (Å²) in [5, 5.41) is 0.707. The Hall–Kier alpha value is -3.27. The fourth-order valence-electron chi connectivity index (χ4n) is 4.98. The molecule has 0 saturated heterocycles. The van der Waals surface area contributed by atoms with Gasteiger partial charge in [-0.2, -0.15) is 0 Å². The number of nitrogens with zero attached hydrogens (tertiary/aromatic N) is 2. The third-order valence-electron chi connectivity index (χ3n) is 6.96. The molecule has 198 valence electrons. The van der Waals surface area contributed by atoms with Crippen LogP contribution in [0.1, 0.15) is 36.9 Å². The van der Waals surface area contributed by atoms with Crippen LogP contribution in [0.25, 0.3) is 16.6 Å². The van der Waals surface area contributed by atoms with Crippen molar-refractivity contribution in [3.05, 3.63) is 96.3 Å². The zero-order valence-electron chi connectivity index (χ0n) is 21.2. The molecule has 5 rings (SSSR count). The van der Waals surface area contributed by atoms with Crippen LogP contribution in [0.3, 0.4) is 0 Å². The summed E-state index contributed by atoms with van der Waals surface area (Å²) in [7, 11) is -6.00. The standard InChI is InChI=1S/C29H30N2O5S2/c1-36-18-19-37(32,33)25-15-13-23(14-16-25)27(20-22-8-5-6-9-22)28-21-24-10-7-17-30-29(24)31(28)38(34,35)26-11-3-2-4-12-26/h2-4,7,10-17,20-22H,5-6,8-9,18-19H2,1H3. The Balaban J connectivity index is 1.70. The second-order valence-corrected chi connectivity index (χ2v) is 13.4. The quantitative estimate of drug-likeness (QED) is 0.280. The maximum Gasteiger partial charge on any atom is 0.269 e. The van der Waals surface area contributed by atoms with Gasteiger partial charge in [-0.15, -0.1) is 0 Å². The Bertz CT molecular complexity index is 1670. The highest BCUT2D eigenvalue weighted by Gasteiger charge is 2.27. The largest absolute Gasteiger partial charge is 0.384 e. The van der Waals surface area contributed by atoms with E-state index >= 15 is 0 Å². The van der Waals surface area contributed by atoms with E-state index < -0.39 is 19.9 Å². The molecule has 38 heavy (non-hydrogen) atoms. The van der Waals surface area contributed by atoms with Crippen LogP contribution in [0.2, 0.25) is 0 Å². The van der Waals surface area contributed by atoms with Crippen LogP contribution in [-0.4, -0.2) is 45.3 Å². The van der Waals surface area contributed by atoms with Gasteiger partial charge in [-0.05, 0) is 66.8 Å². The molecule has 0 spiro atoms. The lowest BCUT2D eigenvalue weighted by molar-refractivity contribution is 0.217. The zero-order valence-corrected chi connectivity index (χ0v) is 22.8. The van der Waals surface area contributed by atoms with Gasteiger partial charge in [0.1, 0.15) is 0 Å². The molecule has 0 amide bonds. The summed E-state index contributed by atoms with van der Waals surface area (Å²) >= 11 is 0. The SMILES string of the molecule is COCCS(=O)(=O)c1ccc(C(=CC2CCCC2)c2cc3cccnc3n2S(=O)(=O)c2ccccc2)cc1. The maximum absolute atomic E-state index is 14.0. The van der Waals surface area contributed by atoms with Crippen LogP contribution in [-0.2, 0) is 24.6 Å². The minimum Gasteiger partial charge on any atom is -0.384 e. The van der Waals surface area contributed by atoms with E-state index in [2.05, 4.69) is 11.1 Å². The van der Waals surface area contributed by atoms with Gasteiger partial charge < -0.3 is 4.74 Å². The van der Waals surface area contributed by atoms with E-state index in [-0.39, 0.29) is 22.2 Å². The summed E-state index contributed by atoms with van der Waals surface area (Å²) in [6.45, 7) is 0.112. The molecule has 4 aromatic rings. The number of benzene rings is 2. The second kappa shape index (κ2) is 10.8. The van der Waals surface area contributed by atoms with Crippen molar-refractivity contribution in [1.29, 1.82) is 0 Å². The molecular formula is C29H30N2O5S2. The average molecular weight is 551 g/mol. The summed E-state index contributed by atoms with van der Waals surface area (Å²) < 4.78 is 59.6. The van der Waals surface area contributed by atoms with Crippen LogP contribution < -0.4 is 0 Å². The van der Waals surface area contributed by atoms with Crippen molar-refractivity contribution in [3.8, 4) is 0 Å². The molecule has 2 aromatic carbocycles. The zero-order chi connectivity index (χ0) is 26.8. The molecule has 2 heterocycles. The lowest BCUT2D eigenvalue weighted by Crippen LogP contribution is -2.16. The molecule has 1 aliphatic carbocycles. The van der Waals surface area contributed by atoms with Gasteiger partial charge in [-0.1, -0.05) is 49.2 Å². The Labute approximate surface area is 223 Å². The van der Waals surface area contributed by atoms with Crippen LogP contribution in [0.15, 0.2) is 94.9 Å². The summed E-state index contributed by atoms with van der Waals surface area (Å²) in [4.78, 5) is 4.82. The Morgan fingerprint density at radius 1 is 0.947 bits per heavy atom. The average Bonchev–Trinajstić information content (AvgIpc) is 3.59. The number of hydrogen-bond donors (Lipinski definition) is 0. The first-order valence-electron chi connectivity index (χ1n) is 12.6. The lowest BCUT2D eigenvalue weighted by atomic mass is 9.96. The number of hydrogen-bond acceptors (Lipinski definition) is 6. The van der Waals surface area contributed by atoms with Crippen LogP contribution in [0.5, 0.6) is 0 Å². The van der Waals surface area contributed by atoms with Crippen LogP contribution in [0.4, 0.5) is 0 Å². The smallest absolute Gasteiger partial charge is 0.269 e. The molecule has 1 aliphatic rings. The monoisotopic (exact) mass is 550 g/mol. The van der Waals surface area contributed by atoms with Crippen LogP contribution in [0, 0.1) is 5.92 Å². The fraction of sp³-hybridized carbons (Fsp3) is 0.276. The van der Waals surface area contributed by atoms with E-state index in [0.29, 0.717) is 22.6 Å². The summed E-state index contributed by atoms with van der Waals surface area (Å²) in [5.41, 5.74) is 2.34. The number of fused-ring (bicyclic) bond motifs is 1. The topological polar surface area (TPSA) is 95.3 Å². The number of sulfone groups is 1. The Morgan fingerprint density at radius 3 is 2.34 bits per heavy atom.